The largest absolute Gasteiger partial charge is 0.490 e. The van der Waals surface area contributed by atoms with E-state index in [0.717, 1.165) is 24.8 Å². The van der Waals surface area contributed by atoms with Gasteiger partial charge in [-0.25, -0.2) is 0 Å². The number of aliphatic hydroxyl groups is 1. The van der Waals surface area contributed by atoms with Gasteiger partial charge < -0.3 is 14.6 Å². The SMILES string of the molecule is N#CC1(C(O)c2ccc3c(c2)OCCCO3)CC1. The van der Waals surface area contributed by atoms with E-state index in [1.165, 1.54) is 0 Å². The third-order valence-electron chi connectivity index (χ3n) is 3.62. The highest BCUT2D eigenvalue weighted by Gasteiger charge is 2.50. The minimum atomic E-state index is -0.736. The number of ether oxygens (including phenoxy) is 2. The molecule has 1 aromatic carbocycles. The molecule has 0 amide bonds. The van der Waals surface area contributed by atoms with Crippen molar-refractivity contribution in [2.45, 2.75) is 25.4 Å². The molecular weight excluding hydrogens is 230 g/mol. The molecule has 3 rings (SSSR count). The zero-order valence-electron chi connectivity index (χ0n) is 10.1. The lowest BCUT2D eigenvalue weighted by Crippen LogP contribution is -2.11. The fraction of sp³-hybridized carbons (Fsp3) is 0.500. The van der Waals surface area contributed by atoms with Crippen LogP contribution in [0.4, 0.5) is 0 Å². The Kier molecular flexibility index (Phi) is 2.64. The van der Waals surface area contributed by atoms with Crippen LogP contribution >= 0.6 is 0 Å². The molecule has 1 heterocycles. The van der Waals surface area contributed by atoms with Gasteiger partial charge in [0.15, 0.2) is 11.5 Å². The molecule has 0 aromatic heterocycles. The Morgan fingerprint density at radius 2 is 1.94 bits per heavy atom. The van der Waals surface area contributed by atoms with E-state index in [4.69, 9.17) is 14.7 Å². The summed E-state index contributed by atoms with van der Waals surface area (Å²) in [5, 5.41) is 19.4. The summed E-state index contributed by atoms with van der Waals surface area (Å²) in [6.07, 6.45) is 1.65. The predicted octanol–water partition coefficient (Wildman–Crippen LogP) is 2.19. The van der Waals surface area contributed by atoms with Crippen molar-refractivity contribution in [2.24, 2.45) is 5.41 Å². The van der Waals surface area contributed by atoms with Crippen molar-refractivity contribution in [1.82, 2.24) is 0 Å². The van der Waals surface area contributed by atoms with Gasteiger partial charge in [0, 0.05) is 6.42 Å². The van der Waals surface area contributed by atoms with Crippen LogP contribution in [0, 0.1) is 16.7 Å². The molecular formula is C14H15NO3. The van der Waals surface area contributed by atoms with E-state index >= 15 is 0 Å². The van der Waals surface area contributed by atoms with Gasteiger partial charge in [-0.3, -0.25) is 0 Å². The highest BCUT2D eigenvalue weighted by molar-refractivity contribution is 5.45. The summed E-state index contributed by atoms with van der Waals surface area (Å²) in [6, 6.07) is 7.64. The molecule has 0 spiro atoms. The van der Waals surface area contributed by atoms with Crippen LogP contribution in [0.2, 0.25) is 0 Å². The van der Waals surface area contributed by atoms with Crippen LogP contribution in [-0.2, 0) is 0 Å². The van der Waals surface area contributed by atoms with E-state index in [9.17, 15) is 5.11 Å². The predicted molar refractivity (Wildman–Crippen MR) is 64.3 cm³/mol. The molecule has 94 valence electrons. The molecule has 1 N–H and O–H groups in total. The molecule has 1 saturated carbocycles. The minimum absolute atomic E-state index is 0.584. The van der Waals surface area contributed by atoms with E-state index in [1.54, 1.807) is 6.07 Å². The standard InChI is InChI=1S/C14H15NO3/c15-9-14(4-5-14)13(16)10-2-3-11-12(8-10)18-7-1-6-17-11/h2-3,8,13,16H,1,4-7H2. The molecule has 1 fully saturated rings. The van der Waals surface area contributed by atoms with Gasteiger partial charge in [-0.05, 0) is 30.5 Å². The van der Waals surface area contributed by atoms with E-state index in [-0.39, 0.29) is 0 Å². The van der Waals surface area contributed by atoms with Gasteiger partial charge >= 0.3 is 0 Å². The number of hydrogen-bond acceptors (Lipinski definition) is 4. The third kappa shape index (κ3) is 1.81. The van der Waals surface area contributed by atoms with Crippen LogP contribution in [0.1, 0.15) is 30.9 Å². The number of rotatable bonds is 2. The van der Waals surface area contributed by atoms with Crippen LogP contribution in [0.3, 0.4) is 0 Å². The molecule has 0 saturated heterocycles. The van der Waals surface area contributed by atoms with Crippen LogP contribution in [0.5, 0.6) is 11.5 Å². The first-order valence-electron chi connectivity index (χ1n) is 6.24. The Labute approximate surface area is 106 Å². The second-order valence-corrected chi connectivity index (χ2v) is 4.93. The normalized spacial score (nSPS) is 21.6. The maximum atomic E-state index is 10.3. The first kappa shape index (κ1) is 11.4. The lowest BCUT2D eigenvalue weighted by atomic mass is 9.94. The molecule has 1 aromatic rings. The summed E-state index contributed by atoms with van der Waals surface area (Å²) in [5.74, 6) is 1.38. The van der Waals surface area contributed by atoms with E-state index in [2.05, 4.69) is 6.07 Å². The average molecular weight is 245 g/mol. The summed E-state index contributed by atoms with van der Waals surface area (Å²) >= 11 is 0. The molecule has 0 radical (unpaired) electrons. The molecule has 4 nitrogen and oxygen atoms in total. The van der Waals surface area contributed by atoms with Gasteiger partial charge in [0.25, 0.3) is 0 Å². The molecule has 1 atom stereocenters. The van der Waals surface area contributed by atoms with Crippen molar-refractivity contribution in [3.05, 3.63) is 23.8 Å². The minimum Gasteiger partial charge on any atom is -0.490 e. The van der Waals surface area contributed by atoms with Gasteiger partial charge in [-0.15, -0.1) is 0 Å². The smallest absolute Gasteiger partial charge is 0.161 e. The second-order valence-electron chi connectivity index (χ2n) is 4.93. The summed E-state index contributed by atoms with van der Waals surface area (Å²) in [6.45, 7) is 1.27. The third-order valence-corrected chi connectivity index (χ3v) is 3.62. The van der Waals surface area contributed by atoms with Gasteiger partial charge in [0.2, 0.25) is 0 Å². The van der Waals surface area contributed by atoms with E-state index < -0.39 is 11.5 Å². The molecule has 1 unspecified atom stereocenters. The van der Waals surface area contributed by atoms with Crippen LogP contribution < -0.4 is 9.47 Å². The fourth-order valence-corrected chi connectivity index (χ4v) is 2.25. The maximum Gasteiger partial charge on any atom is 0.161 e. The molecule has 4 heteroatoms. The number of aliphatic hydroxyl groups excluding tert-OH is 1. The Balaban J connectivity index is 1.90. The summed E-state index contributed by atoms with van der Waals surface area (Å²) < 4.78 is 11.1. The maximum absolute atomic E-state index is 10.3. The van der Waals surface area contributed by atoms with Gasteiger partial charge in [0.1, 0.15) is 0 Å². The van der Waals surface area contributed by atoms with Crippen molar-refractivity contribution in [2.75, 3.05) is 13.2 Å². The van der Waals surface area contributed by atoms with Crippen molar-refractivity contribution >= 4 is 0 Å². The summed E-state index contributed by atoms with van der Waals surface area (Å²) in [4.78, 5) is 0. The van der Waals surface area contributed by atoms with Crippen molar-refractivity contribution in [3.8, 4) is 17.6 Å². The first-order valence-corrected chi connectivity index (χ1v) is 6.24. The van der Waals surface area contributed by atoms with Gasteiger partial charge in [-0.2, -0.15) is 5.26 Å². The van der Waals surface area contributed by atoms with Gasteiger partial charge in [0.05, 0.1) is 30.8 Å². The molecule has 1 aliphatic carbocycles. The van der Waals surface area contributed by atoms with Crippen LogP contribution in [-0.4, -0.2) is 18.3 Å². The topological polar surface area (TPSA) is 62.5 Å². The fourth-order valence-electron chi connectivity index (χ4n) is 2.25. The molecule has 18 heavy (non-hydrogen) atoms. The average Bonchev–Trinajstić information content (AvgIpc) is 3.21. The molecule has 1 aliphatic heterocycles. The summed E-state index contributed by atoms with van der Waals surface area (Å²) in [7, 11) is 0. The number of fused-ring (bicyclic) bond motifs is 1. The Bertz CT molecular complexity index is 502. The zero-order chi connectivity index (χ0) is 12.6. The van der Waals surface area contributed by atoms with Crippen molar-refractivity contribution in [1.29, 1.82) is 5.26 Å². The highest BCUT2D eigenvalue weighted by Crippen LogP contribution is 2.54. The second kappa shape index (κ2) is 4.18. The quantitative estimate of drug-likeness (QED) is 0.867. The monoisotopic (exact) mass is 245 g/mol. The number of nitriles is 1. The van der Waals surface area contributed by atoms with E-state index in [0.29, 0.717) is 24.7 Å². The summed E-state index contributed by atoms with van der Waals surface area (Å²) in [5.41, 5.74) is 0.151. The van der Waals surface area contributed by atoms with Crippen LogP contribution in [0.25, 0.3) is 0 Å². The molecule has 2 aliphatic rings. The number of nitrogens with zero attached hydrogens (tertiary/aromatic N) is 1. The Hall–Kier alpha value is -1.73. The van der Waals surface area contributed by atoms with Crippen molar-refractivity contribution in [3.63, 3.8) is 0 Å². The van der Waals surface area contributed by atoms with Gasteiger partial charge in [-0.1, -0.05) is 6.07 Å². The zero-order valence-corrected chi connectivity index (χ0v) is 10.1. The first-order chi connectivity index (χ1) is 8.75. The lowest BCUT2D eigenvalue weighted by Gasteiger charge is -2.17. The highest BCUT2D eigenvalue weighted by atomic mass is 16.5. The lowest BCUT2D eigenvalue weighted by molar-refractivity contribution is 0.122. The Morgan fingerprint density at radius 3 is 2.61 bits per heavy atom. The number of hydrogen-bond donors (Lipinski definition) is 1. The molecule has 0 bridgehead atoms. The van der Waals surface area contributed by atoms with Crippen molar-refractivity contribution < 1.29 is 14.6 Å². The number of benzene rings is 1. The van der Waals surface area contributed by atoms with E-state index in [1.807, 2.05) is 12.1 Å². The van der Waals surface area contributed by atoms with Crippen LogP contribution in [0.15, 0.2) is 18.2 Å². The Morgan fingerprint density at radius 1 is 1.22 bits per heavy atom.